The van der Waals surface area contributed by atoms with Gasteiger partial charge in [-0.3, -0.25) is 4.79 Å². The summed E-state index contributed by atoms with van der Waals surface area (Å²) < 4.78 is 44.0. The minimum Gasteiger partial charge on any atom is -0.454 e. The molecule has 0 saturated heterocycles. The van der Waals surface area contributed by atoms with Crippen LogP contribution in [0, 0.1) is 0 Å². The normalized spacial score (nSPS) is 12.5. The predicted molar refractivity (Wildman–Crippen MR) is 129 cm³/mol. The number of fused-ring (bicyclic) bond motifs is 1. The van der Waals surface area contributed by atoms with Gasteiger partial charge in [0.2, 0.25) is 21.8 Å². The van der Waals surface area contributed by atoms with E-state index in [0.717, 1.165) is 0 Å². The van der Waals surface area contributed by atoms with Crippen LogP contribution in [0.25, 0.3) is 0 Å². The number of rotatable bonds is 11. The van der Waals surface area contributed by atoms with E-state index in [1.165, 1.54) is 6.20 Å². The highest BCUT2D eigenvalue weighted by Gasteiger charge is 2.26. The van der Waals surface area contributed by atoms with E-state index in [2.05, 4.69) is 11.6 Å². The van der Waals surface area contributed by atoms with Gasteiger partial charge >= 0.3 is 0 Å². The first-order valence-corrected chi connectivity index (χ1v) is 12.7. The number of ether oxygens (including phenoxy) is 3. The average Bonchev–Trinajstić information content (AvgIpc) is 3.49. The molecule has 1 amide bonds. The molecule has 1 aliphatic heterocycles. The molecule has 0 bridgehead atoms. The third-order valence-corrected chi connectivity index (χ3v) is 7.10. The Morgan fingerprint density at radius 3 is 2.71 bits per heavy atom. The van der Waals surface area contributed by atoms with Crippen LogP contribution >= 0.6 is 0 Å². The van der Waals surface area contributed by atoms with Gasteiger partial charge in [-0.25, -0.2) is 13.4 Å². The first-order chi connectivity index (χ1) is 16.9. The van der Waals surface area contributed by atoms with Gasteiger partial charge < -0.3 is 23.7 Å². The van der Waals surface area contributed by atoms with Crippen molar-refractivity contribution in [2.24, 2.45) is 0 Å². The number of carbonyl (C=O) groups is 1. The molecule has 3 aromatic rings. The highest BCUT2D eigenvalue weighted by molar-refractivity contribution is 7.90. The Bertz CT molecular complexity index is 1300. The van der Waals surface area contributed by atoms with Crippen LogP contribution in [0.1, 0.15) is 21.6 Å². The molecule has 2 heterocycles. The SMILES string of the molecule is C=CCN(Cc1cnc(S(=O)(=O)Cc2ccccc2)n1CCOC)C(=O)c1ccc2c(c1)OCO2. The highest BCUT2D eigenvalue weighted by Crippen LogP contribution is 2.33. The number of carbonyl (C=O) groups excluding carboxylic acids is 1. The number of methoxy groups -OCH3 is 1. The Morgan fingerprint density at radius 2 is 1.97 bits per heavy atom. The van der Waals surface area contributed by atoms with E-state index >= 15 is 0 Å². The van der Waals surface area contributed by atoms with Crippen molar-refractivity contribution in [1.29, 1.82) is 0 Å². The monoisotopic (exact) mass is 497 g/mol. The van der Waals surface area contributed by atoms with Crippen molar-refractivity contribution in [1.82, 2.24) is 14.5 Å². The summed E-state index contributed by atoms with van der Waals surface area (Å²) in [7, 11) is -2.20. The Hall–Kier alpha value is -3.63. The lowest BCUT2D eigenvalue weighted by Crippen LogP contribution is -2.32. The second kappa shape index (κ2) is 10.7. The number of benzene rings is 2. The van der Waals surface area contributed by atoms with E-state index in [1.807, 2.05) is 6.07 Å². The highest BCUT2D eigenvalue weighted by atomic mass is 32.2. The molecule has 0 atom stereocenters. The summed E-state index contributed by atoms with van der Waals surface area (Å²) in [5.74, 6) is 0.664. The van der Waals surface area contributed by atoms with Crippen molar-refractivity contribution in [3.05, 3.63) is 84.2 Å². The predicted octanol–water partition coefficient (Wildman–Crippen LogP) is 3.06. The maximum absolute atomic E-state index is 13.3. The number of amides is 1. The lowest BCUT2D eigenvalue weighted by atomic mass is 10.1. The van der Waals surface area contributed by atoms with Crippen molar-refractivity contribution in [2.75, 3.05) is 27.1 Å². The van der Waals surface area contributed by atoms with Crippen LogP contribution in [0.5, 0.6) is 11.5 Å². The van der Waals surface area contributed by atoms with Crippen molar-refractivity contribution < 1.29 is 27.4 Å². The van der Waals surface area contributed by atoms with E-state index in [1.54, 1.807) is 65.1 Å². The number of aromatic nitrogens is 2. The number of hydrogen-bond donors (Lipinski definition) is 0. The van der Waals surface area contributed by atoms with Gasteiger partial charge in [0.1, 0.15) is 0 Å². The number of imidazole rings is 1. The first kappa shape index (κ1) is 24.5. The van der Waals surface area contributed by atoms with Gasteiger partial charge in [-0.2, -0.15) is 0 Å². The Kier molecular flexibility index (Phi) is 7.52. The minimum atomic E-state index is -3.74. The minimum absolute atomic E-state index is 0.0533. The van der Waals surface area contributed by atoms with Crippen LogP contribution < -0.4 is 9.47 Å². The fourth-order valence-corrected chi connectivity index (χ4v) is 5.35. The van der Waals surface area contributed by atoms with Gasteiger partial charge in [0, 0.05) is 25.8 Å². The molecule has 2 aromatic carbocycles. The summed E-state index contributed by atoms with van der Waals surface area (Å²) in [6.45, 7) is 4.83. The molecule has 0 aliphatic carbocycles. The zero-order chi connectivity index (χ0) is 24.8. The molecule has 1 aromatic heterocycles. The van der Waals surface area contributed by atoms with Crippen LogP contribution in [-0.4, -0.2) is 55.8 Å². The molecule has 9 nitrogen and oxygen atoms in total. The number of sulfone groups is 1. The van der Waals surface area contributed by atoms with Crippen LogP contribution in [-0.2, 0) is 33.4 Å². The quantitative estimate of drug-likeness (QED) is 0.375. The molecule has 4 rings (SSSR count). The van der Waals surface area contributed by atoms with E-state index in [-0.39, 0.29) is 49.9 Å². The topological polar surface area (TPSA) is 100.0 Å². The molecule has 0 fully saturated rings. The van der Waals surface area contributed by atoms with Crippen molar-refractivity contribution in [2.45, 2.75) is 24.0 Å². The van der Waals surface area contributed by atoms with E-state index in [0.29, 0.717) is 28.3 Å². The average molecular weight is 498 g/mol. The molecule has 184 valence electrons. The van der Waals surface area contributed by atoms with Crippen molar-refractivity contribution in [3.8, 4) is 11.5 Å². The maximum atomic E-state index is 13.3. The van der Waals surface area contributed by atoms with Gasteiger partial charge in [0.05, 0.1) is 30.8 Å². The fraction of sp³-hybridized carbons (Fsp3) is 0.280. The summed E-state index contributed by atoms with van der Waals surface area (Å²) >= 11 is 0. The van der Waals surface area contributed by atoms with Gasteiger partial charge in [-0.1, -0.05) is 36.4 Å². The molecule has 10 heteroatoms. The van der Waals surface area contributed by atoms with Crippen molar-refractivity contribution in [3.63, 3.8) is 0 Å². The smallest absolute Gasteiger partial charge is 0.254 e. The lowest BCUT2D eigenvalue weighted by molar-refractivity contribution is 0.0757. The molecular formula is C25H27N3O6S. The molecule has 0 unspecified atom stereocenters. The summed E-state index contributed by atoms with van der Waals surface area (Å²) in [6, 6.07) is 13.9. The standard InChI is InChI=1S/C25H27N3O6S/c1-3-11-27(24(29)20-9-10-22-23(14-20)34-18-33-22)16-21-15-26-25(28(21)12-13-32-2)35(30,31)17-19-7-5-4-6-8-19/h3-10,14-15H,1,11-13,16-18H2,2H3. The van der Waals surface area contributed by atoms with Crippen LogP contribution in [0.15, 0.2) is 72.5 Å². The zero-order valence-corrected chi connectivity index (χ0v) is 20.2. The third kappa shape index (κ3) is 5.55. The second-order valence-electron chi connectivity index (χ2n) is 7.96. The van der Waals surface area contributed by atoms with Gasteiger partial charge in [0.25, 0.3) is 5.91 Å². The Labute approximate surface area is 204 Å². The number of nitrogens with zero attached hydrogens (tertiary/aromatic N) is 3. The summed E-state index contributed by atoms with van der Waals surface area (Å²) in [5, 5.41) is -0.0533. The zero-order valence-electron chi connectivity index (χ0n) is 19.4. The molecule has 0 spiro atoms. The van der Waals surface area contributed by atoms with E-state index in [4.69, 9.17) is 14.2 Å². The number of hydrogen-bond acceptors (Lipinski definition) is 7. The molecule has 0 radical (unpaired) electrons. The summed E-state index contributed by atoms with van der Waals surface area (Å²) in [5.41, 5.74) is 1.67. The molecule has 35 heavy (non-hydrogen) atoms. The summed E-state index contributed by atoms with van der Waals surface area (Å²) in [4.78, 5) is 19.1. The van der Waals surface area contributed by atoms with Crippen molar-refractivity contribution >= 4 is 15.7 Å². The van der Waals surface area contributed by atoms with Gasteiger partial charge in [0.15, 0.2) is 11.5 Å². The Balaban J connectivity index is 1.62. The maximum Gasteiger partial charge on any atom is 0.254 e. The lowest BCUT2D eigenvalue weighted by Gasteiger charge is -2.22. The largest absolute Gasteiger partial charge is 0.454 e. The molecule has 1 aliphatic rings. The van der Waals surface area contributed by atoms with Gasteiger partial charge in [-0.15, -0.1) is 6.58 Å². The van der Waals surface area contributed by atoms with Crippen LogP contribution in [0.3, 0.4) is 0 Å². The molecular weight excluding hydrogens is 470 g/mol. The molecule has 0 saturated carbocycles. The van der Waals surface area contributed by atoms with Crippen LogP contribution in [0.4, 0.5) is 0 Å². The Morgan fingerprint density at radius 1 is 1.20 bits per heavy atom. The van der Waals surface area contributed by atoms with E-state index in [9.17, 15) is 13.2 Å². The fourth-order valence-electron chi connectivity index (χ4n) is 3.83. The third-order valence-electron chi connectivity index (χ3n) is 5.51. The van der Waals surface area contributed by atoms with Crippen LogP contribution in [0.2, 0.25) is 0 Å². The summed E-state index contributed by atoms with van der Waals surface area (Å²) in [6.07, 6.45) is 3.12. The second-order valence-corrected chi connectivity index (χ2v) is 9.85. The van der Waals surface area contributed by atoms with Gasteiger partial charge in [-0.05, 0) is 23.8 Å². The molecule has 0 N–H and O–H groups in total. The van der Waals surface area contributed by atoms with E-state index < -0.39 is 9.84 Å². The first-order valence-electron chi connectivity index (χ1n) is 11.0.